The van der Waals surface area contributed by atoms with Crippen LogP contribution in [0, 0.1) is 6.92 Å². The summed E-state index contributed by atoms with van der Waals surface area (Å²) in [6.07, 6.45) is 0. The molecule has 3 nitrogen and oxygen atoms in total. The average Bonchev–Trinajstić information content (AvgIpc) is 2.69. The molecule has 0 aliphatic rings. The third kappa shape index (κ3) is 2.81. The van der Waals surface area contributed by atoms with E-state index < -0.39 is 0 Å². The first-order valence-electron chi connectivity index (χ1n) is 5.36. The van der Waals surface area contributed by atoms with Gasteiger partial charge in [-0.05, 0) is 25.1 Å². The molecule has 0 aliphatic heterocycles. The largest absolute Gasteiger partial charge is 0.484 e. The lowest BCUT2D eigenvalue weighted by molar-refractivity contribution is 0.267. The molecular formula is C13H14ClNO2. The molecule has 0 saturated carbocycles. The molecule has 0 radical (unpaired) electrons. The fourth-order valence-corrected chi connectivity index (χ4v) is 1.76. The lowest BCUT2D eigenvalue weighted by Crippen LogP contribution is -1.96. The molecule has 2 aromatic rings. The highest BCUT2D eigenvalue weighted by atomic mass is 35.5. The van der Waals surface area contributed by atoms with Gasteiger partial charge in [-0.1, -0.05) is 23.7 Å². The van der Waals surface area contributed by atoms with Crippen molar-refractivity contribution in [2.45, 2.75) is 20.1 Å². The summed E-state index contributed by atoms with van der Waals surface area (Å²) >= 11 is 5.98. The van der Waals surface area contributed by atoms with Crippen LogP contribution in [0.15, 0.2) is 34.7 Å². The molecule has 4 heteroatoms. The SMILES string of the molecule is Cc1oc(COc2ccccc2Cl)cc1CN. The zero-order valence-electron chi connectivity index (χ0n) is 9.57. The number of benzene rings is 1. The van der Waals surface area contributed by atoms with E-state index in [0.717, 1.165) is 17.1 Å². The molecule has 90 valence electrons. The van der Waals surface area contributed by atoms with E-state index in [2.05, 4.69) is 0 Å². The molecule has 0 saturated heterocycles. The van der Waals surface area contributed by atoms with Crippen molar-refractivity contribution in [3.8, 4) is 5.75 Å². The smallest absolute Gasteiger partial charge is 0.146 e. The Morgan fingerprint density at radius 3 is 2.76 bits per heavy atom. The first-order valence-corrected chi connectivity index (χ1v) is 5.74. The topological polar surface area (TPSA) is 48.4 Å². The Morgan fingerprint density at radius 2 is 2.12 bits per heavy atom. The number of ether oxygens (including phenoxy) is 1. The number of hydrogen-bond donors (Lipinski definition) is 1. The highest BCUT2D eigenvalue weighted by molar-refractivity contribution is 6.32. The number of aryl methyl sites for hydroxylation is 1. The van der Waals surface area contributed by atoms with Crippen molar-refractivity contribution in [2.75, 3.05) is 0 Å². The molecule has 1 aromatic heterocycles. The lowest BCUT2D eigenvalue weighted by Gasteiger charge is -2.05. The summed E-state index contributed by atoms with van der Waals surface area (Å²) in [4.78, 5) is 0. The van der Waals surface area contributed by atoms with E-state index in [1.165, 1.54) is 0 Å². The monoisotopic (exact) mass is 251 g/mol. The summed E-state index contributed by atoms with van der Waals surface area (Å²) in [6.45, 7) is 2.72. The van der Waals surface area contributed by atoms with Gasteiger partial charge in [-0.25, -0.2) is 0 Å². The van der Waals surface area contributed by atoms with Crippen LogP contribution in [0.4, 0.5) is 0 Å². The Hall–Kier alpha value is -1.45. The zero-order chi connectivity index (χ0) is 12.3. The number of halogens is 1. The summed E-state index contributed by atoms with van der Waals surface area (Å²) in [5.41, 5.74) is 6.58. The van der Waals surface area contributed by atoms with E-state index >= 15 is 0 Å². The van der Waals surface area contributed by atoms with E-state index in [9.17, 15) is 0 Å². The molecule has 1 heterocycles. The van der Waals surface area contributed by atoms with Crippen LogP contribution >= 0.6 is 11.6 Å². The van der Waals surface area contributed by atoms with Crippen LogP contribution in [0.5, 0.6) is 5.75 Å². The van der Waals surface area contributed by atoms with Crippen LogP contribution in [0.25, 0.3) is 0 Å². The minimum Gasteiger partial charge on any atom is -0.484 e. The van der Waals surface area contributed by atoms with Gasteiger partial charge in [0.2, 0.25) is 0 Å². The van der Waals surface area contributed by atoms with Crippen molar-refractivity contribution in [1.82, 2.24) is 0 Å². The summed E-state index contributed by atoms with van der Waals surface area (Å²) < 4.78 is 11.1. The molecule has 0 atom stereocenters. The third-order valence-electron chi connectivity index (χ3n) is 2.50. The number of nitrogens with two attached hydrogens (primary N) is 1. The number of hydrogen-bond acceptors (Lipinski definition) is 3. The van der Waals surface area contributed by atoms with Crippen LogP contribution in [-0.2, 0) is 13.2 Å². The Labute approximate surface area is 105 Å². The predicted octanol–water partition coefficient (Wildman–Crippen LogP) is 3.28. The summed E-state index contributed by atoms with van der Waals surface area (Å²) in [5, 5.41) is 0.592. The average molecular weight is 252 g/mol. The molecule has 1 aromatic carbocycles. The highest BCUT2D eigenvalue weighted by Crippen LogP contribution is 2.24. The normalized spacial score (nSPS) is 10.5. The third-order valence-corrected chi connectivity index (χ3v) is 2.81. The van der Waals surface area contributed by atoms with Crippen molar-refractivity contribution in [2.24, 2.45) is 5.73 Å². The fraction of sp³-hybridized carbons (Fsp3) is 0.231. The standard InChI is InChI=1S/C13H14ClNO2/c1-9-10(7-15)6-11(17-9)8-16-13-5-3-2-4-12(13)14/h2-6H,7-8,15H2,1H3. The molecule has 0 bridgehead atoms. The first kappa shape index (κ1) is 12.0. The van der Waals surface area contributed by atoms with Crippen molar-refractivity contribution >= 4 is 11.6 Å². The number of furan rings is 1. The van der Waals surface area contributed by atoms with E-state index in [-0.39, 0.29) is 0 Å². The fourth-order valence-electron chi connectivity index (χ4n) is 1.57. The second-order valence-corrected chi connectivity index (χ2v) is 4.12. The second kappa shape index (κ2) is 5.25. The molecule has 0 aliphatic carbocycles. The second-order valence-electron chi connectivity index (χ2n) is 3.72. The zero-order valence-corrected chi connectivity index (χ0v) is 10.3. The van der Waals surface area contributed by atoms with Gasteiger partial charge in [-0.2, -0.15) is 0 Å². The molecule has 0 fully saturated rings. The van der Waals surface area contributed by atoms with Crippen LogP contribution in [-0.4, -0.2) is 0 Å². The van der Waals surface area contributed by atoms with Crippen molar-refractivity contribution in [3.05, 3.63) is 52.4 Å². The Morgan fingerprint density at radius 1 is 1.35 bits per heavy atom. The van der Waals surface area contributed by atoms with Gasteiger partial charge < -0.3 is 14.9 Å². The van der Waals surface area contributed by atoms with Gasteiger partial charge in [0, 0.05) is 12.1 Å². The molecular weight excluding hydrogens is 238 g/mol. The van der Waals surface area contributed by atoms with Crippen molar-refractivity contribution in [1.29, 1.82) is 0 Å². The maximum absolute atomic E-state index is 5.98. The Balaban J connectivity index is 2.05. The molecule has 0 amide bonds. The van der Waals surface area contributed by atoms with E-state index in [0.29, 0.717) is 23.9 Å². The molecule has 2 N–H and O–H groups in total. The first-order chi connectivity index (χ1) is 8.20. The van der Waals surface area contributed by atoms with Gasteiger partial charge in [0.15, 0.2) is 0 Å². The summed E-state index contributed by atoms with van der Waals surface area (Å²) in [7, 11) is 0. The van der Waals surface area contributed by atoms with Gasteiger partial charge in [-0.3, -0.25) is 0 Å². The quantitative estimate of drug-likeness (QED) is 0.907. The van der Waals surface area contributed by atoms with Gasteiger partial charge in [0.05, 0.1) is 5.02 Å². The lowest BCUT2D eigenvalue weighted by atomic mass is 10.2. The van der Waals surface area contributed by atoms with E-state index in [1.807, 2.05) is 31.2 Å². The molecule has 2 rings (SSSR count). The molecule has 0 unspecified atom stereocenters. The highest BCUT2D eigenvalue weighted by Gasteiger charge is 2.07. The Bertz CT molecular complexity index is 508. The molecule has 0 spiro atoms. The van der Waals surface area contributed by atoms with Crippen LogP contribution in [0.1, 0.15) is 17.1 Å². The van der Waals surface area contributed by atoms with Crippen molar-refractivity contribution in [3.63, 3.8) is 0 Å². The maximum Gasteiger partial charge on any atom is 0.146 e. The Kier molecular flexibility index (Phi) is 3.71. The van der Waals surface area contributed by atoms with Crippen molar-refractivity contribution < 1.29 is 9.15 Å². The van der Waals surface area contributed by atoms with Gasteiger partial charge in [0.1, 0.15) is 23.9 Å². The number of para-hydroxylation sites is 1. The minimum absolute atomic E-state index is 0.352. The van der Waals surface area contributed by atoms with Gasteiger partial charge in [0.25, 0.3) is 0 Å². The van der Waals surface area contributed by atoms with Crippen LogP contribution in [0.3, 0.4) is 0 Å². The summed E-state index contributed by atoms with van der Waals surface area (Å²) in [5.74, 6) is 2.24. The summed E-state index contributed by atoms with van der Waals surface area (Å²) in [6, 6.07) is 9.25. The van der Waals surface area contributed by atoms with E-state index in [1.54, 1.807) is 6.07 Å². The number of rotatable bonds is 4. The van der Waals surface area contributed by atoms with E-state index in [4.69, 9.17) is 26.5 Å². The maximum atomic E-state index is 5.98. The van der Waals surface area contributed by atoms with Gasteiger partial charge >= 0.3 is 0 Å². The minimum atomic E-state index is 0.352. The van der Waals surface area contributed by atoms with Crippen LogP contribution in [0.2, 0.25) is 5.02 Å². The van der Waals surface area contributed by atoms with Gasteiger partial charge in [-0.15, -0.1) is 0 Å². The molecule has 17 heavy (non-hydrogen) atoms. The predicted molar refractivity (Wildman–Crippen MR) is 67.1 cm³/mol. The van der Waals surface area contributed by atoms with Crippen LogP contribution < -0.4 is 10.5 Å².